The smallest absolute Gasteiger partial charge is 0.376 e. The molecule has 1 saturated heterocycles. The lowest BCUT2D eigenvalue weighted by atomic mass is 10.1. The van der Waals surface area contributed by atoms with E-state index in [9.17, 15) is 22.8 Å². The topological polar surface area (TPSA) is 62.4 Å². The Morgan fingerprint density at radius 2 is 2.15 bits per heavy atom. The van der Waals surface area contributed by atoms with Gasteiger partial charge in [-0.2, -0.15) is 13.2 Å². The van der Waals surface area contributed by atoms with Gasteiger partial charge in [0.2, 0.25) is 0 Å². The van der Waals surface area contributed by atoms with Gasteiger partial charge >= 0.3 is 12.1 Å². The van der Waals surface area contributed by atoms with E-state index in [0.717, 1.165) is 12.0 Å². The number of amides is 1. The second kappa shape index (κ2) is 7.11. The molecule has 1 aromatic carbocycles. The number of nitrogens with one attached hydrogen (secondary N) is 1. The van der Waals surface area contributed by atoms with Crippen molar-refractivity contribution in [1.82, 2.24) is 9.88 Å². The fourth-order valence-electron chi connectivity index (χ4n) is 3.18. The molecule has 1 unspecified atom stereocenters. The second-order valence-corrected chi connectivity index (χ2v) is 6.48. The number of para-hydroxylation sites is 1. The summed E-state index contributed by atoms with van der Waals surface area (Å²) in [5.74, 6) is -1.96. The zero-order valence-corrected chi connectivity index (χ0v) is 14.2. The molecule has 2 heterocycles. The summed E-state index contributed by atoms with van der Waals surface area (Å²) in [4.78, 5) is 27.5. The Morgan fingerprint density at radius 1 is 1.38 bits per heavy atom. The minimum absolute atomic E-state index is 0.110. The van der Waals surface area contributed by atoms with Gasteiger partial charge < -0.3 is 14.6 Å². The van der Waals surface area contributed by atoms with E-state index in [1.165, 1.54) is 6.07 Å². The normalized spacial score (nSPS) is 17.6. The summed E-state index contributed by atoms with van der Waals surface area (Å²) in [5, 5.41) is 0.705. The summed E-state index contributed by atoms with van der Waals surface area (Å²) >= 11 is 0. The zero-order chi connectivity index (χ0) is 18.9. The molecule has 26 heavy (non-hydrogen) atoms. The van der Waals surface area contributed by atoms with Crippen molar-refractivity contribution in [3.8, 4) is 0 Å². The lowest BCUT2D eigenvalue weighted by Gasteiger charge is -2.26. The van der Waals surface area contributed by atoms with Crippen molar-refractivity contribution in [1.29, 1.82) is 0 Å². The van der Waals surface area contributed by atoms with Crippen LogP contribution in [0.1, 0.15) is 24.0 Å². The quantitative estimate of drug-likeness (QED) is 0.903. The summed E-state index contributed by atoms with van der Waals surface area (Å²) in [6.45, 7) is 1.68. The van der Waals surface area contributed by atoms with E-state index in [0.29, 0.717) is 28.8 Å². The number of halogens is 3. The number of carbonyl (C=O) groups excluding carboxylic acids is 1. The van der Waals surface area contributed by atoms with Gasteiger partial charge in [0, 0.05) is 18.7 Å². The number of hydrogen-bond acceptors (Lipinski definition) is 3. The Bertz CT molecular complexity index is 870. The first kappa shape index (κ1) is 18.4. The SMILES string of the molecule is Cc1cccc2cc(CN(CC3CCCO3)C(=O)C(F)(F)F)c(=O)[nH]c12. The standard InChI is InChI=1S/C18H19F3N2O3/c1-11-4-2-5-12-8-13(16(24)22-15(11)12)9-23(17(25)18(19,20)21)10-14-6-3-7-26-14/h2,4-5,8,14H,3,6-7,9-10H2,1H3,(H,22,24). The first-order valence-corrected chi connectivity index (χ1v) is 8.35. The van der Waals surface area contributed by atoms with Crippen LogP contribution in [0.15, 0.2) is 29.1 Å². The summed E-state index contributed by atoms with van der Waals surface area (Å²) in [5.41, 5.74) is 1.10. The third-order valence-corrected chi connectivity index (χ3v) is 4.50. The molecule has 2 aromatic rings. The molecule has 1 atom stereocenters. The van der Waals surface area contributed by atoms with Gasteiger partial charge in [0.15, 0.2) is 0 Å². The van der Waals surface area contributed by atoms with E-state index in [1.807, 2.05) is 13.0 Å². The van der Waals surface area contributed by atoms with Crippen LogP contribution >= 0.6 is 0 Å². The van der Waals surface area contributed by atoms with E-state index in [1.54, 1.807) is 12.1 Å². The van der Waals surface area contributed by atoms with E-state index >= 15 is 0 Å². The molecule has 0 radical (unpaired) electrons. The number of aromatic amines is 1. The number of benzene rings is 1. The van der Waals surface area contributed by atoms with Crippen molar-refractivity contribution in [2.45, 2.75) is 38.6 Å². The Balaban J connectivity index is 1.92. The van der Waals surface area contributed by atoms with Gasteiger partial charge in [-0.05, 0) is 36.8 Å². The lowest BCUT2D eigenvalue weighted by molar-refractivity contribution is -0.187. The molecule has 1 amide bonds. The molecule has 0 aliphatic carbocycles. The van der Waals surface area contributed by atoms with Crippen molar-refractivity contribution in [2.24, 2.45) is 0 Å². The molecule has 8 heteroatoms. The maximum absolute atomic E-state index is 13.0. The Labute approximate surface area is 147 Å². The number of carbonyl (C=O) groups is 1. The van der Waals surface area contributed by atoms with Crippen LogP contribution < -0.4 is 5.56 Å². The highest BCUT2D eigenvalue weighted by Gasteiger charge is 2.43. The zero-order valence-electron chi connectivity index (χ0n) is 14.2. The molecule has 3 rings (SSSR count). The number of H-pyrrole nitrogens is 1. The Kier molecular flexibility index (Phi) is 5.04. The molecule has 1 aromatic heterocycles. The van der Waals surface area contributed by atoms with Crippen LogP contribution in [-0.4, -0.2) is 41.2 Å². The number of hydrogen-bond donors (Lipinski definition) is 1. The molecule has 1 aliphatic heterocycles. The maximum Gasteiger partial charge on any atom is 0.471 e. The van der Waals surface area contributed by atoms with Crippen molar-refractivity contribution >= 4 is 16.8 Å². The molecule has 5 nitrogen and oxygen atoms in total. The molecule has 140 valence electrons. The maximum atomic E-state index is 13.0. The number of rotatable bonds is 4. The predicted octanol–water partition coefficient (Wildman–Crippen LogP) is 2.91. The number of nitrogens with zero attached hydrogens (tertiary/aromatic N) is 1. The largest absolute Gasteiger partial charge is 0.471 e. The van der Waals surface area contributed by atoms with Crippen LogP contribution in [0.25, 0.3) is 10.9 Å². The van der Waals surface area contributed by atoms with Crippen LogP contribution in [0.2, 0.25) is 0 Å². The summed E-state index contributed by atoms with van der Waals surface area (Å²) in [6, 6.07) is 6.92. The van der Waals surface area contributed by atoms with Crippen LogP contribution in [-0.2, 0) is 16.1 Å². The highest BCUT2D eigenvalue weighted by atomic mass is 19.4. The molecule has 1 fully saturated rings. The van der Waals surface area contributed by atoms with Crippen LogP contribution in [0.4, 0.5) is 13.2 Å². The van der Waals surface area contributed by atoms with Gasteiger partial charge in [-0.3, -0.25) is 9.59 Å². The molecular formula is C18H19F3N2O3. The first-order chi connectivity index (χ1) is 12.3. The van der Waals surface area contributed by atoms with E-state index in [4.69, 9.17) is 4.74 Å². The minimum Gasteiger partial charge on any atom is -0.376 e. The highest BCUT2D eigenvalue weighted by Crippen LogP contribution is 2.23. The molecular weight excluding hydrogens is 349 g/mol. The van der Waals surface area contributed by atoms with Crippen LogP contribution in [0.3, 0.4) is 0 Å². The third-order valence-electron chi connectivity index (χ3n) is 4.50. The van der Waals surface area contributed by atoms with E-state index in [2.05, 4.69) is 4.98 Å². The Hall–Kier alpha value is -2.35. The predicted molar refractivity (Wildman–Crippen MR) is 89.8 cm³/mol. The number of aryl methyl sites for hydroxylation is 1. The van der Waals surface area contributed by atoms with Crippen molar-refractivity contribution in [2.75, 3.05) is 13.2 Å². The van der Waals surface area contributed by atoms with Crippen molar-refractivity contribution in [3.05, 3.63) is 45.7 Å². The fourth-order valence-corrected chi connectivity index (χ4v) is 3.18. The molecule has 0 bridgehead atoms. The van der Waals surface area contributed by atoms with Crippen molar-refractivity contribution < 1.29 is 22.7 Å². The van der Waals surface area contributed by atoms with Gasteiger partial charge in [-0.15, -0.1) is 0 Å². The number of aromatic nitrogens is 1. The van der Waals surface area contributed by atoms with Gasteiger partial charge in [0.1, 0.15) is 0 Å². The van der Waals surface area contributed by atoms with E-state index in [-0.39, 0.29) is 12.1 Å². The molecule has 0 spiro atoms. The van der Waals surface area contributed by atoms with Crippen LogP contribution in [0.5, 0.6) is 0 Å². The number of alkyl halides is 3. The Morgan fingerprint density at radius 3 is 2.81 bits per heavy atom. The summed E-state index contributed by atoms with van der Waals surface area (Å²) < 4.78 is 44.2. The molecule has 1 N–H and O–H groups in total. The van der Waals surface area contributed by atoms with E-state index < -0.39 is 30.3 Å². The fraction of sp³-hybridized carbons (Fsp3) is 0.444. The van der Waals surface area contributed by atoms with Gasteiger partial charge in [0.25, 0.3) is 5.56 Å². The molecule has 1 aliphatic rings. The first-order valence-electron chi connectivity index (χ1n) is 8.35. The summed E-state index contributed by atoms with van der Waals surface area (Å²) in [7, 11) is 0. The summed E-state index contributed by atoms with van der Waals surface area (Å²) in [6.07, 6.45) is -4.11. The van der Waals surface area contributed by atoms with Gasteiger partial charge in [0.05, 0.1) is 18.2 Å². The molecule has 0 saturated carbocycles. The van der Waals surface area contributed by atoms with Crippen molar-refractivity contribution in [3.63, 3.8) is 0 Å². The second-order valence-electron chi connectivity index (χ2n) is 6.48. The third kappa shape index (κ3) is 3.90. The highest BCUT2D eigenvalue weighted by molar-refractivity contribution is 5.83. The number of ether oxygens (including phenoxy) is 1. The van der Waals surface area contributed by atoms with Gasteiger partial charge in [-0.1, -0.05) is 18.2 Å². The average Bonchev–Trinajstić information content (AvgIpc) is 3.07. The minimum atomic E-state index is -5.00. The number of fused-ring (bicyclic) bond motifs is 1. The van der Waals surface area contributed by atoms with Gasteiger partial charge in [-0.25, -0.2) is 0 Å². The average molecular weight is 368 g/mol. The number of pyridine rings is 1. The lowest BCUT2D eigenvalue weighted by Crippen LogP contribution is -2.45. The monoisotopic (exact) mass is 368 g/mol. The van der Waals surface area contributed by atoms with Crippen LogP contribution in [0, 0.1) is 6.92 Å².